The smallest absolute Gasteiger partial charge is 0.255 e. The van der Waals surface area contributed by atoms with Gasteiger partial charge in [0.1, 0.15) is 0 Å². The maximum Gasteiger partial charge on any atom is 0.255 e. The van der Waals surface area contributed by atoms with E-state index >= 15 is 0 Å². The molecule has 0 radical (unpaired) electrons. The van der Waals surface area contributed by atoms with Gasteiger partial charge in [-0.2, -0.15) is 0 Å². The third-order valence-electron chi connectivity index (χ3n) is 3.42. The van der Waals surface area contributed by atoms with Crippen LogP contribution >= 0.6 is 0 Å². The number of aromatic nitrogens is 1. The molecule has 0 bridgehead atoms. The van der Waals surface area contributed by atoms with E-state index in [2.05, 4.69) is 10.3 Å². The van der Waals surface area contributed by atoms with Crippen molar-refractivity contribution in [3.8, 4) is 0 Å². The summed E-state index contributed by atoms with van der Waals surface area (Å²) in [6, 6.07) is 7.82. The predicted octanol–water partition coefficient (Wildman–Crippen LogP) is 1.65. The number of benzene rings is 1. The Labute approximate surface area is 142 Å². The molecule has 0 atom stereocenters. The van der Waals surface area contributed by atoms with Gasteiger partial charge < -0.3 is 10.2 Å². The van der Waals surface area contributed by atoms with E-state index in [-0.39, 0.29) is 10.8 Å². The second-order valence-corrected chi connectivity index (χ2v) is 7.70. The Bertz CT molecular complexity index is 834. The lowest BCUT2D eigenvalue weighted by atomic mass is 10.2. The van der Waals surface area contributed by atoms with E-state index in [1.54, 1.807) is 23.1 Å². The molecule has 24 heavy (non-hydrogen) atoms. The summed E-state index contributed by atoms with van der Waals surface area (Å²) < 4.78 is 25.8. The van der Waals surface area contributed by atoms with Gasteiger partial charge in [0.2, 0.25) is 10.0 Å². The van der Waals surface area contributed by atoms with E-state index in [0.29, 0.717) is 16.9 Å². The van der Waals surface area contributed by atoms with Gasteiger partial charge in [0.25, 0.3) is 5.91 Å². The topological polar surface area (TPSA) is 82.6 Å². The van der Waals surface area contributed by atoms with Gasteiger partial charge in [0.15, 0.2) is 0 Å². The number of carbonyl (C=O) groups excluding carboxylic acids is 1. The SMILES string of the molecule is CN(C)c1ccc(S(=O)(=O)N(C)C)cc1NC(=O)c1ccncc1. The van der Waals surface area contributed by atoms with Crippen LogP contribution < -0.4 is 10.2 Å². The van der Waals surface area contributed by atoms with Crippen LogP contribution in [0.25, 0.3) is 0 Å². The van der Waals surface area contributed by atoms with Crippen molar-refractivity contribution in [3.63, 3.8) is 0 Å². The second-order valence-electron chi connectivity index (χ2n) is 5.55. The molecule has 2 aromatic rings. The van der Waals surface area contributed by atoms with Gasteiger partial charge in [-0.15, -0.1) is 0 Å². The summed E-state index contributed by atoms with van der Waals surface area (Å²) in [6.07, 6.45) is 3.05. The summed E-state index contributed by atoms with van der Waals surface area (Å²) in [4.78, 5) is 18.2. The molecule has 128 valence electrons. The summed E-state index contributed by atoms with van der Waals surface area (Å²) in [7, 11) is 2.97. The van der Waals surface area contributed by atoms with Gasteiger partial charge in [-0.05, 0) is 30.3 Å². The van der Waals surface area contributed by atoms with E-state index in [1.165, 1.54) is 38.6 Å². The molecule has 0 spiro atoms. The lowest BCUT2D eigenvalue weighted by molar-refractivity contribution is 0.102. The minimum atomic E-state index is -3.59. The van der Waals surface area contributed by atoms with Crippen LogP contribution in [0.15, 0.2) is 47.6 Å². The molecule has 8 heteroatoms. The molecule has 0 saturated heterocycles. The number of pyridine rings is 1. The van der Waals surface area contributed by atoms with Crippen molar-refractivity contribution in [2.24, 2.45) is 0 Å². The zero-order valence-corrected chi connectivity index (χ0v) is 14.8. The summed E-state index contributed by atoms with van der Waals surface area (Å²) in [5.41, 5.74) is 1.57. The quantitative estimate of drug-likeness (QED) is 0.888. The highest BCUT2D eigenvalue weighted by Gasteiger charge is 2.20. The monoisotopic (exact) mass is 348 g/mol. The summed E-state index contributed by atoms with van der Waals surface area (Å²) in [5.74, 6) is -0.333. The molecule has 0 aliphatic heterocycles. The van der Waals surface area contributed by atoms with E-state index in [4.69, 9.17) is 0 Å². The third-order valence-corrected chi connectivity index (χ3v) is 5.23. The maximum absolute atomic E-state index is 12.4. The van der Waals surface area contributed by atoms with Crippen molar-refractivity contribution in [1.82, 2.24) is 9.29 Å². The lowest BCUT2D eigenvalue weighted by Gasteiger charge is -2.20. The molecule has 2 rings (SSSR count). The number of nitrogens with zero attached hydrogens (tertiary/aromatic N) is 3. The Morgan fingerprint density at radius 3 is 2.21 bits per heavy atom. The van der Waals surface area contributed by atoms with Crippen molar-refractivity contribution in [2.75, 3.05) is 38.4 Å². The van der Waals surface area contributed by atoms with Gasteiger partial charge in [0.05, 0.1) is 16.3 Å². The Balaban J connectivity index is 2.45. The predicted molar refractivity (Wildman–Crippen MR) is 93.8 cm³/mol. The van der Waals surface area contributed by atoms with E-state index < -0.39 is 10.0 Å². The van der Waals surface area contributed by atoms with Crippen LogP contribution in [0.2, 0.25) is 0 Å². The number of anilines is 2. The fraction of sp³-hybridized carbons (Fsp3) is 0.250. The highest BCUT2D eigenvalue weighted by Crippen LogP contribution is 2.29. The van der Waals surface area contributed by atoms with Gasteiger partial charge in [0, 0.05) is 46.1 Å². The molecule has 1 amide bonds. The van der Waals surface area contributed by atoms with Crippen molar-refractivity contribution < 1.29 is 13.2 Å². The molecular formula is C16H20N4O3S. The molecular weight excluding hydrogens is 328 g/mol. The Morgan fingerprint density at radius 2 is 1.67 bits per heavy atom. The zero-order chi connectivity index (χ0) is 17.9. The fourth-order valence-corrected chi connectivity index (χ4v) is 3.00. The Hall–Kier alpha value is -2.45. The number of amides is 1. The number of hydrogen-bond acceptors (Lipinski definition) is 5. The molecule has 7 nitrogen and oxygen atoms in total. The molecule has 0 unspecified atom stereocenters. The first-order valence-electron chi connectivity index (χ1n) is 7.19. The molecule has 0 saturated carbocycles. The number of carbonyl (C=O) groups is 1. The minimum absolute atomic E-state index is 0.114. The number of sulfonamides is 1. The van der Waals surface area contributed by atoms with Gasteiger partial charge >= 0.3 is 0 Å². The number of rotatable bonds is 5. The Kier molecular flexibility index (Phi) is 5.20. The molecule has 0 fully saturated rings. The van der Waals surface area contributed by atoms with E-state index in [0.717, 1.165) is 4.31 Å². The van der Waals surface area contributed by atoms with E-state index in [9.17, 15) is 13.2 Å². The van der Waals surface area contributed by atoms with Crippen LogP contribution in [0.4, 0.5) is 11.4 Å². The highest BCUT2D eigenvalue weighted by molar-refractivity contribution is 7.89. The largest absolute Gasteiger partial charge is 0.376 e. The molecule has 1 N–H and O–H groups in total. The summed E-state index contributed by atoms with van der Waals surface area (Å²) in [5, 5.41) is 2.77. The average Bonchev–Trinajstić information content (AvgIpc) is 2.55. The van der Waals surface area contributed by atoms with Gasteiger partial charge in [-0.25, -0.2) is 12.7 Å². The van der Waals surface area contributed by atoms with Gasteiger partial charge in [-0.1, -0.05) is 0 Å². The van der Waals surface area contributed by atoms with Gasteiger partial charge in [-0.3, -0.25) is 9.78 Å². The summed E-state index contributed by atoms with van der Waals surface area (Å²) in [6.45, 7) is 0. The average molecular weight is 348 g/mol. The van der Waals surface area contributed by atoms with Crippen molar-refractivity contribution in [3.05, 3.63) is 48.3 Å². The first-order valence-corrected chi connectivity index (χ1v) is 8.63. The molecule has 1 heterocycles. The van der Waals surface area contributed by atoms with E-state index in [1.807, 2.05) is 14.1 Å². The summed E-state index contributed by atoms with van der Waals surface area (Å²) >= 11 is 0. The van der Waals surface area contributed by atoms with Crippen LogP contribution in [0.5, 0.6) is 0 Å². The van der Waals surface area contributed by atoms with Crippen LogP contribution in [0, 0.1) is 0 Å². The molecule has 0 aliphatic rings. The standard InChI is InChI=1S/C16H20N4O3S/c1-19(2)15-6-5-13(24(22,23)20(3)4)11-14(15)18-16(21)12-7-9-17-10-8-12/h5-11H,1-4H3,(H,18,21). The number of hydrogen-bond donors (Lipinski definition) is 1. The third kappa shape index (κ3) is 3.72. The molecule has 1 aromatic carbocycles. The minimum Gasteiger partial charge on any atom is -0.376 e. The normalized spacial score (nSPS) is 11.4. The van der Waals surface area contributed by atoms with Crippen molar-refractivity contribution >= 4 is 27.3 Å². The lowest BCUT2D eigenvalue weighted by Crippen LogP contribution is -2.23. The molecule has 1 aromatic heterocycles. The van der Waals surface area contributed by atoms with Crippen LogP contribution in [-0.4, -0.2) is 51.8 Å². The van der Waals surface area contributed by atoms with Crippen LogP contribution in [0.3, 0.4) is 0 Å². The van der Waals surface area contributed by atoms with Crippen LogP contribution in [0.1, 0.15) is 10.4 Å². The highest BCUT2D eigenvalue weighted by atomic mass is 32.2. The fourth-order valence-electron chi connectivity index (χ4n) is 2.07. The number of nitrogens with one attached hydrogen (secondary N) is 1. The second kappa shape index (κ2) is 6.98. The zero-order valence-electron chi connectivity index (χ0n) is 14.0. The first-order chi connectivity index (χ1) is 11.2. The maximum atomic E-state index is 12.4. The van der Waals surface area contributed by atoms with Crippen molar-refractivity contribution in [1.29, 1.82) is 0 Å². The molecule has 0 aliphatic carbocycles. The van der Waals surface area contributed by atoms with Crippen molar-refractivity contribution in [2.45, 2.75) is 4.90 Å². The first kappa shape index (κ1) is 17.9. The van der Waals surface area contributed by atoms with Crippen LogP contribution in [-0.2, 0) is 10.0 Å². The Morgan fingerprint density at radius 1 is 1.04 bits per heavy atom.